The van der Waals surface area contributed by atoms with Crippen molar-refractivity contribution in [3.05, 3.63) is 62.2 Å². The lowest BCUT2D eigenvalue weighted by Gasteiger charge is -2.32. The van der Waals surface area contributed by atoms with E-state index in [-0.39, 0.29) is 56.4 Å². The number of nitrogens with zero attached hydrogens (tertiary/aromatic N) is 1. The fourth-order valence-corrected chi connectivity index (χ4v) is 6.08. The molecule has 0 bridgehead atoms. The maximum absolute atomic E-state index is 14.3. The largest absolute Gasteiger partial charge is 0.496 e. The van der Waals surface area contributed by atoms with Gasteiger partial charge in [-0.2, -0.15) is 0 Å². The highest BCUT2D eigenvalue weighted by Crippen LogP contribution is 2.55. The first-order valence-electron chi connectivity index (χ1n) is 12.9. The Kier molecular flexibility index (Phi) is 7.27. The molecule has 0 atom stereocenters. The predicted molar refractivity (Wildman–Crippen MR) is 152 cm³/mol. The van der Waals surface area contributed by atoms with Gasteiger partial charge in [0.25, 0.3) is 0 Å². The van der Waals surface area contributed by atoms with Crippen molar-refractivity contribution in [1.82, 2.24) is 0 Å². The van der Waals surface area contributed by atoms with Crippen LogP contribution in [0.2, 0.25) is 0 Å². The molecule has 0 radical (unpaired) electrons. The summed E-state index contributed by atoms with van der Waals surface area (Å²) in [6.45, 7) is 1.74. The number of benzene rings is 3. The second-order valence-electron chi connectivity index (χ2n) is 9.62. The van der Waals surface area contributed by atoms with Crippen molar-refractivity contribution in [2.24, 2.45) is 5.16 Å². The number of carbonyl (C=O) groups is 3. The van der Waals surface area contributed by atoms with Crippen LogP contribution in [0, 0.1) is 6.92 Å². The molecule has 0 heterocycles. The molecule has 3 aromatic rings. The number of rotatable bonds is 8. The highest BCUT2D eigenvalue weighted by atomic mass is 16.6. The fraction of sp³-hybridized carbons (Fsp3) is 0.290. The quantitative estimate of drug-likeness (QED) is 0.239. The standard InChI is InChI=1S/C31H29NO10/c1-13-18(37-2)11-17-22(27(13)38-3)26(34)24-23(25(17)33)30(41-6)21-16(28(24)39-4)9-8-14-10-15(12-32-42-7)20(31(35)36)29(40-5)19(14)21/h10-12H,8-9H2,1-7H3,(H,35,36)/b32-12+. The molecule has 2 aliphatic carbocycles. The van der Waals surface area contributed by atoms with Crippen LogP contribution in [0.5, 0.6) is 28.7 Å². The minimum atomic E-state index is -1.25. The minimum Gasteiger partial charge on any atom is -0.496 e. The van der Waals surface area contributed by atoms with Gasteiger partial charge in [-0.3, -0.25) is 9.59 Å². The van der Waals surface area contributed by atoms with Gasteiger partial charge in [0, 0.05) is 33.4 Å². The lowest BCUT2D eigenvalue weighted by atomic mass is 9.74. The molecule has 218 valence electrons. The van der Waals surface area contributed by atoms with Crippen LogP contribution >= 0.6 is 0 Å². The van der Waals surface area contributed by atoms with Gasteiger partial charge < -0.3 is 33.6 Å². The second kappa shape index (κ2) is 10.7. The number of hydrogen-bond donors (Lipinski definition) is 1. The molecule has 3 aromatic carbocycles. The van der Waals surface area contributed by atoms with E-state index in [1.807, 2.05) is 0 Å². The number of carboxylic acids is 1. The molecule has 0 fully saturated rings. The van der Waals surface area contributed by atoms with Gasteiger partial charge in [0.1, 0.15) is 41.4 Å². The maximum Gasteiger partial charge on any atom is 0.340 e. The molecule has 0 aromatic heterocycles. The number of aromatic carboxylic acids is 1. The van der Waals surface area contributed by atoms with Gasteiger partial charge in [-0.15, -0.1) is 0 Å². The van der Waals surface area contributed by atoms with Gasteiger partial charge >= 0.3 is 5.97 Å². The van der Waals surface area contributed by atoms with E-state index >= 15 is 0 Å². The summed E-state index contributed by atoms with van der Waals surface area (Å²) in [6, 6.07) is 3.21. The summed E-state index contributed by atoms with van der Waals surface area (Å²) in [5.41, 5.74) is 3.11. The Bertz CT molecular complexity index is 1720. The zero-order chi connectivity index (χ0) is 30.5. The van der Waals surface area contributed by atoms with E-state index in [1.54, 1.807) is 13.0 Å². The SMILES string of the molecule is CO/N=C/c1cc2c(c(OC)c1C(=O)O)-c1c(c(OC)c3c(c1OC)C(=O)c1cc(OC)c(C)c(OC)c1C3=O)CC2. The number of oxime groups is 1. The van der Waals surface area contributed by atoms with E-state index in [1.165, 1.54) is 54.9 Å². The Morgan fingerprint density at radius 1 is 0.762 bits per heavy atom. The van der Waals surface area contributed by atoms with Crippen LogP contribution in [0.4, 0.5) is 0 Å². The first-order chi connectivity index (χ1) is 20.2. The zero-order valence-electron chi connectivity index (χ0n) is 24.2. The lowest BCUT2D eigenvalue weighted by Crippen LogP contribution is -2.26. The topological polar surface area (TPSA) is 139 Å². The third-order valence-corrected chi connectivity index (χ3v) is 7.75. The van der Waals surface area contributed by atoms with Crippen LogP contribution in [0.3, 0.4) is 0 Å². The smallest absolute Gasteiger partial charge is 0.340 e. The van der Waals surface area contributed by atoms with E-state index in [0.717, 1.165) is 5.56 Å². The van der Waals surface area contributed by atoms with E-state index < -0.39 is 17.5 Å². The molecule has 2 aliphatic rings. The van der Waals surface area contributed by atoms with E-state index in [0.29, 0.717) is 40.8 Å². The Labute approximate surface area is 241 Å². The molecule has 0 aliphatic heterocycles. The monoisotopic (exact) mass is 575 g/mol. The van der Waals surface area contributed by atoms with Crippen LogP contribution < -0.4 is 23.7 Å². The van der Waals surface area contributed by atoms with Crippen molar-refractivity contribution in [3.8, 4) is 39.9 Å². The van der Waals surface area contributed by atoms with Crippen molar-refractivity contribution < 1.29 is 48.0 Å². The van der Waals surface area contributed by atoms with Gasteiger partial charge in [-0.05, 0) is 37.5 Å². The first-order valence-corrected chi connectivity index (χ1v) is 12.9. The van der Waals surface area contributed by atoms with Gasteiger partial charge in [-0.1, -0.05) is 5.16 Å². The lowest BCUT2D eigenvalue weighted by molar-refractivity contribution is 0.0692. The third kappa shape index (κ3) is 3.87. The molecule has 11 nitrogen and oxygen atoms in total. The molecule has 0 amide bonds. The molecule has 0 unspecified atom stereocenters. The second-order valence-corrected chi connectivity index (χ2v) is 9.62. The zero-order valence-corrected chi connectivity index (χ0v) is 24.2. The predicted octanol–water partition coefficient (Wildman–Crippen LogP) is 4.26. The number of carboxylic acid groups (broad SMARTS) is 1. The van der Waals surface area contributed by atoms with Gasteiger partial charge in [-0.25, -0.2) is 4.79 Å². The van der Waals surface area contributed by atoms with Crippen molar-refractivity contribution >= 4 is 23.8 Å². The number of fused-ring (bicyclic) bond motifs is 5. The van der Waals surface area contributed by atoms with Gasteiger partial charge in [0.05, 0.1) is 58.5 Å². The summed E-state index contributed by atoms with van der Waals surface area (Å²) in [7, 11) is 8.42. The summed E-state index contributed by atoms with van der Waals surface area (Å²) in [4.78, 5) is 45.8. The van der Waals surface area contributed by atoms with Crippen molar-refractivity contribution in [1.29, 1.82) is 0 Å². The molecule has 0 saturated heterocycles. The van der Waals surface area contributed by atoms with Gasteiger partial charge in [0.2, 0.25) is 5.78 Å². The van der Waals surface area contributed by atoms with Crippen molar-refractivity contribution in [2.45, 2.75) is 19.8 Å². The molecule has 5 rings (SSSR count). The maximum atomic E-state index is 14.3. The van der Waals surface area contributed by atoms with Crippen LogP contribution in [0.25, 0.3) is 11.1 Å². The van der Waals surface area contributed by atoms with Crippen LogP contribution in [-0.4, -0.2) is 71.5 Å². The summed E-state index contributed by atoms with van der Waals surface area (Å²) in [5.74, 6) is -1.24. The molecule has 0 saturated carbocycles. The van der Waals surface area contributed by atoms with Gasteiger partial charge in [0.15, 0.2) is 5.78 Å². The summed E-state index contributed by atoms with van der Waals surface area (Å²) in [6.07, 6.45) is 2.15. The summed E-state index contributed by atoms with van der Waals surface area (Å²) in [5, 5.41) is 13.9. The normalized spacial score (nSPS) is 13.1. The Morgan fingerprint density at radius 2 is 1.40 bits per heavy atom. The number of ether oxygens (including phenoxy) is 5. The van der Waals surface area contributed by atoms with Crippen molar-refractivity contribution in [3.63, 3.8) is 0 Å². The summed E-state index contributed by atoms with van der Waals surface area (Å²) < 4.78 is 28.5. The average Bonchev–Trinajstić information content (AvgIpc) is 2.99. The molecule has 42 heavy (non-hydrogen) atoms. The van der Waals surface area contributed by atoms with Crippen LogP contribution in [0.15, 0.2) is 17.3 Å². The first kappa shape index (κ1) is 28.5. The molecular weight excluding hydrogens is 546 g/mol. The average molecular weight is 576 g/mol. The fourth-order valence-electron chi connectivity index (χ4n) is 6.08. The Hall–Kier alpha value is -5.06. The number of carbonyl (C=O) groups excluding carboxylic acids is 2. The Morgan fingerprint density at radius 3 is 1.98 bits per heavy atom. The van der Waals surface area contributed by atoms with Crippen LogP contribution in [-0.2, 0) is 17.7 Å². The van der Waals surface area contributed by atoms with Crippen LogP contribution in [0.1, 0.15) is 64.5 Å². The van der Waals surface area contributed by atoms with Crippen molar-refractivity contribution in [2.75, 3.05) is 42.7 Å². The highest BCUT2D eigenvalue weighted by Gasteiger charge is 2.43. The number of ketones is 2. The van der Waals surface area contributed by atoms with E-state index in [9.17, 15) is 19.5 Å². The molecule has 1 N–H and O–H groups in total. The Balaban J connectivity index is 1.93. The van der Waals surface area contributed by atoms with E-state index in [4.69, 9.17) is 28.5 Å². The third-order valence-electron chi connectivity index (χ3n) is 7.75. The number of hydrogen-bond acceptors (Lipinski definition) is 10. The number of aryl methyl sites for hydroxylation is 1. The minimum absolute atomic E-state index is 0.00430. The molecule has 0 spiro atoms. The number of methoxy groups -OCH3 is 5. The molecule has 11 heteroatoms. The summed E-state index contributed by atoms with van der Waals surface area (Å²) >= 11 is 0. The highest BCUT2D eigenvalue weighted by molar-refractivity contribution is 6.32. The van der Waals surface area contributed by atoms with E-state index in [2.05, 4.69) is 5.16 Å². The molecular formula is C31H29NO10.